The van der Waals surface area contributed by atoms with Crippen molar-refractivity contribution in [2.24, 2.45) is 5.10 Å². The molecule has 0 aliphatic carbocycles. The Morgan fingerprint density at radius 3 is 2.41 bits per heavy atom. The number of methoxy groups -OCH3 is 1. The molecule has 0 spiro atoms. The molecule has 0 N–H and O–H groups in total. The second-order valence-corrected chi connectivity index (χ2v) is 6.89. The summed E-state index contributed by atoms with van der Waals surface area (Å²) in [5, 5.41) is 5.97. The lowest BCUT2D eigenvalue weighted by atomic mass is 9.98. The second kappa shape index (κ2) is 8.86. The van der Waals surface area contributed by atoms with Gasteiger partial charge in [0, 0.05) is 19.9 Å². The van der Waals surface area contributed by atoms with E-state index in [1.807, 2.05) is 24.3 Å². The summed E-state index contributed by atoms with van der Waals surface area (Å²) in [5.41, 5.74) is 2.42. The average Bonchev–Trinajstić information content (AvgIpc) is 3.19. The van der Waals surface area contributed by atoms with Gasteiger partial charge in [0.05, 0.1) is 18.9 Å². The van der Waals surface area contributed by atoms with Gasteiger partial charge in [0.2, 0.25) is 5.91 Å². The summed E-state index contributed by atoms with van der Waals surface area (Å²) >= 11 is 0. The van der Waals surface area contributed by atoms with Crippen LogP contribution in [0.1, 0.15) is 36.9 Å². The lowest BCUT2D eigenvalue weighted by molar-refractivity contribution is -0.140. The van der Waals surface area contributed by atoms with E-state index in [0.717, 1.165) is 22.6 Å². The van der Waals surface area contributed by atoms with Crippen molar-refractivity contribution in [3.63, 3.8) is 0 Å². The maximum absolute atomic E-state index is 13.4. The number of benzene rings is 2. The van der Waals surface area contributed by atoms with Crippen molar-refractivity contribution < 1.29 is 18.7 Å². The first-order chi connectivity index (χ1) is 13.9. The second-order valence-electron chi connectivity index (χ2n) is 6.89. The smallest absolute Gasteiger partial charge is 0.262 e. The third-order valence-corrected chi connectivity index (χ3v) is 4.94. The molecule has 2 amide bonds. The fourth-order valence-corrected chi connectivity index (χ4v) is 3.28. The van der Waals surface area contributed by atoms with Crippen molar-refractivity contribution in [2.45, 2.75) is 25.8 Å². The van der Waals surface area contributed by atoms with Crippen LogP contribution in [0.5, 0.6) is 5.75 Å². The molecule has 3 rings (SSSR count). The molecule has 0 saturated heterocycles. The van der Waals surface area contributed by atoms with Crippen molar-refractivity contribution in [2.75, 3.05) is 20.7 Å². The number of rotatable bonds is 6. The number of halogens is 1. The van der Waals surface area contributed by atoms with E-state index < -0.39 is 0 Å². The van der Waals surface area contributed by atoms with Crippen LogP contribution in [-0.4, -0.2) is 48.1 Å². The number of likely N-dealkylation sites (N-methyl/N-ethyl adjacent to an activating group) is 1. The van der Waals surface area contributed by atoms with Gasteiger partial charge in [-0.2, -0.15) is 5.10 Å². The quantitative estimate of drug-likeness (QED) is 0.751. The first kappa shape index (κ1) is 20.5. The highest BCUT2D eigenvalue weighted by atomic mass is 19.1. The highest BCUT2D eigenvalue weighted by Gasteiger charge is 2.33. The molecule has 0 saturated carbocycles. The standard InChI is InChI=1S/C22H24FN3O3/c1-4-21(27)25(2)14-22(28)26-20(16-5-9-17(23)10-6-16)13-19(24-26)15-7-11-18(29-3)12-8-15/h5-12,20H,4,13-14H2,1-3H3/t20-/m0/s1. The molecule has 29 heavy (non-hydrogen) atoms. The predicted molar refractivity (Wildman–Crippen MR) is 108 cm³/mol. The predicted octanol–water partition coefficient (Wildman–Crippen LogP) is 3.38. The Hall–Kier alpha value is -3.22. The molecule has 0 bridgehead atoms. The van der Waals surface area contributed by atoms with Crippen LogP contribution >= 0.6 is 0 Å². The van der Waals surface area contributed by atoms with Crippen molar-refractivity contribution in [1.29, 1.82) is 0 Å². The Kier molecular flexibility index (Phi) is 6.26. The van der Waals surface area contributed by atoms with Gasteiger partial charge in [0.15, 0.2) is 0 Å². The van der Waals surface area contributed by atoms with E-state index in [0.29, 0.717) is 12.8 Å². The fourth-order valence-electron chi connectivity index (χ4n) is 3.28. The Labute approximate surface area is 169 Å². The largest absolute Gasteiger partial charge is 0.497 e. The number of nitrogens with zero attached hydrogens (tertiary/aromatic N) is 3. The Morgan fingerprint density at radius 2 is 1.83 bits per heavy atom. The summed E-state index contributed by atoms with van der Waals surface area (Å²) in [6.45, 7) is 1.68. The molecular formula is C22H24FN3O3. The molecule has 2 aromatic rings. The maximum Gasteiger partial charge on any atom is 0.262 e. The Bertz CT molecular complexity index is 910. The van der Waals surface area contributed by atoms with Crippen molar-refractivity contribution in [3.05, 3.63) is 65.5 Å². The van der Waals surface area contributed by atoms with E-state index in [4.69, 9.17) is 4.74 Å². The van der Waals surface area contributed by atoms with E-state index in [2.05, 4.69) is 5.10 Å². The third kappa shape index (κ3) is 4.62. The van der Waals surface area contributed by atoms with E-state index in [-0.39, 0.29) is 30.2 Å². The van der Waals surface area contributed by atoms with E-state index >= 15 is 0 Å². The molecule has 1 aliphatic heterocycles. The molecule has 1 aliphatic rings. The van der Waals surface area contributed by atoms with Crippen molar-refractivity contribution >= 4 is 17.5 Å². The summed E-state index contributed by atoms with van der Waals surface area (Å²) in [7, 11) is 3.20. The van der Waals surface area contributed by atoms with Crippen molar-refractivity contribution in [1.82, 2.24) is 9.91 Å². The lowest BCUT2D eigenvalue weighted by Gasteiger charge is -2.24. The zero-order valence-corrected chi connectivity index (χ0v) is 16.8. The number of hydrazone groups is 1. The molecule has 0 aromatic heterocycles. The van der Waals surface area contributed by atoms with E-state index in [9.17, 15) is 14.0 Å². The van der Waals surface area contributed by atoms with Gasteiger partial charge >= 0.3 is 0 Å². The van der Waals surface area contributed by atoms with Gasteiger partial charge in [-0.3, -0.25) is 9.59 Å². The van der Waals surface area contributed by atoms with Gasteiger partial charge in [-0.25, -0.2) is 9.40 Å². The van der Waals surface area contributed by atoms with Gasteiger partial charge in [-0.15, -0.1) is 0 Å². The van der Waals surface area contributed by atoms with Crippen LogP contribution in [-0.2, 0) is 9.59 Å². The molecule has 6 nitrogen and oxygen atoms in total. The SMILES string of the molecule is CCC(=O)N(C)CC(=O)N1N=C(c2ccc(OC)cc2)C[C@H]1c1ccc(F)cc1. The fraction of sp³-hybridized carbons (Fsp3) is 0.318. The Morgan fingerprint density at radius 1 is 1.17 bits per heavy atom. The monoisotopic (exact) mass is 397 g/mol. The highest BCUT2D eigenvalue weighted by molar-refractivity contribution is 6.03. The van der Waals surface area contributed by atoms with Crippen LogP contribution in [0.3, 0.4) is 0 Å². The van der Waals surface area contributed by atoms with Crippen LogP contribution in [0.4, 0.5) is 4.39 Å². The molecule has 1 atom stereocenters. The van der Waals surface area contributed by atoms with Gasteiger partial charge in [0.1, 0.15) is 18.1 Å². The molecule has 0 unspecified atom stereocenters. The number of ether oxygens (including phenoxy) is 1. The van der Waals surface area contributed by atoms with Gasteiger partial charge in [0.25, 0.3) is 5.91 Å². The summed E-state index contributed by atoms with van der Waals surface area (Å²) < 4.78 is 18.6. The summed E-state index contributed by atoms with van der Waals surface area (Å²) in [6, 6.07) is 13.2. The molecular weight excluding hydrogens is 373 g/mol. The van der Waals surface area contributed by atoms with Crippen LogP contribution in [0, 0.1) is 5.82 Å². The summed E-state index contributed by atoms with van der Waals surface area (Å²) in [5.74, 6) is -0.00774. The van der Waals surface area contributed by atoms with Gasteiger partial charge < -0.3 is 9.64 Å². The first-order valence-corrected chi connectivity index (χ1v) is 9.46. The summed E-state index contributed by atoms with van der Waals surface area (Å²) in [4.78, 5) is 26.2. The maximum atomic E-state index is 13.4. The van der Waals surface area contributed by atoms with E-state index in [1.165, 1.54) is 22.0 Å². The zero-order chi connectivity index (χ0) is 21.0. The number of carbonyl (C=O) groups is 2. The van der Waals surface area contributed by atoms with E-state index in [1.54, 1.807) is 33.2 Å². The van der Waals surface area contributed by atoms with Gasteiger partial charge in [-0.05, 0) is 47.5 Å². The first-order valence-electron chi connectivity index (χ1n) is 9.46. The molecule has 0 radical (unpaired) electrons. The number of carbonyl (C=O) groups excluding carboxylic acids is 2. The van der Waals surface area contributed by atoms with Crippen LogP contribution in [0.15, 0.2) is 53.6 Å². The lowest BCUT2D eigenvalue weighted by Crippen LogP contribution is -2.39. The molecule has 0 fully saturated rings. The highest BCUT2D eigenvalue weighted by Crippen LogP contribution is 2.33. The minimum Gasteiger partial charge on any atom is -0.497 e. The molecule has 1 heterocycles. The number of amides is 2. The minimum absolute atomic E-state index is 0.0657. The molecule has 152 valence electrons. The zero-order valence-electron chi connectivity index (χ0n) is 16.8. The van der Waals surface area contributed by atoms with Crippen molar-refractivity contribution in [3.8, 4) is 5.75 Å². The Balaban J connectivity index is 1.89. The van der Waals surface area contributed by atoms with Crippen LogP contribution in [0.25, 0.3) is 0 Å². The molecule has 7 heteroatoms. The van der Waals surface area contributed by atoms with Crippen LogP contribution < -0.4 is 4.74 Å². The van der Waals surface area contributed by atoms with Gasteiger partial charge in [-0.1, -0.05) is 19.1 Å². The molecule has 2 aromatic carbocycles. The average molecular weight is 397 g/mol. The normalized spacial score (nSPS) is 15.8. The number of hydrogen-bond donors (Lipinski definition) is 0. The summed E-state index contributed by atoms with van der Waals surface area (Å²) in [6.07, 6.45) is 0.820. The third-order valence-electron chi connectivity index (χ3n) is 4.94. The van der Waals surface area contributed by atoms with Crippen LogP contribution in [0.2, 0.25) is 0 Å². The number of hydrogen-bond acceptors (Lipinski definition) is 4. The topological polar surface area (TPSA) is 62.2 Å². The minimum atomic E-state index is -0.356.